The van der Waals surface area contributed by atoms with Crippen LogP contribution in [0.5, 0.6) is 11.5 Å². The van der Waals surface area contributed by atoms with Crippen LogP contribution >= 0.6 is 11.8 Å². The monoisotopic (exact) mass is 459 g/mol. The number of rotatable bonds is 12. The number of amides is 2. The van der Waals surface area contributed by atoms with Gasteiger partial charge in [0.1, 0.15) is 24.2 Å². The smallest absolute Gasteiger partial charge is 0.303 e. The van der Waals surface area contributed by atoms with Gasteiger partial charge in [0, 0.05) is 13.0 Å². The van der Waals surface area contributed by atoms with Gasteiger partial charge in [-0.2, -0.15) is 0 Å². The lowest BCUT2D eigenvalue weighted by Gasteiger charge is -2.20. The number of carbonyl (C=O) groups is 3. The van der Waals surface area contributed by atoms with Gasteiger partial charge in [-0.3, -0.25) is 19.7 Å². The second kappa shape index (κ2) is 11.5. The molecule has 1 aliphatic heterocycles. The molecule has 0 spiro atoms. The quantitative estimate of drug-likeness (QED) is 0.463. The number of carbonyl (C=O) groups excluding carboxylic acids is 2. The molecule has 3 rings (SSSR count). The molecule has 0 saturated carbocycles. The van der Waals surface area contributed by atoms with E-state index in [1.54, 1.807) is 7.11 Å². The van der Waals surface area contributed by atoms with Gasteiger partial charge < -0.3 is 19.3 Å². The Labute approximate surface area is 190 Å². The summed E-state index contributed by atoms with van der Waals surface area (Å²) < 4.78 is 17.1. The third kappa shape index (κ3) is 7.00. The van der Waals surface area contributed by atoms with E-state index in [2.05, 4.69) is 5.32 Å². The molecule has 9 heteroatoms. The van der Waals surface area contributed by atoms with Crippen molar-refractivity contribution < 1.29 is 33.7 Å². The van der Waals surface area contributed by atoms with E-state index in [-0.39, 0.29) is 30.8 Å². The highest BCUT2D eigenvalue weighted by molar-refractivity contribution is 8.15. The summed E-state index contributed by atoms with van der Waals surface area (Å²) in [6, 6.07) is 14.8. The largest absolute Gasteiger partial charge is 0.497 e. The zero-order valence-electron chi connectivity index (χ0n) is 17.6. The Kier molecular flexibility index (Phi) is 8.52. The van der Waals surface area contributed by atoms with Crippen LogP contribution in [0.1, 0.15) is 30.1 Å². The lowest BCUT2D eigenvalue weighted by molar-refractivity contribution is -0.137. The number of carboxylic acid groups (broad SMARTS) is 1. The molecule has 0 radical (unpaired) electrons. The molecule has 2 N–H and O–H groups in total. The number of nitrogens with one attached hydrogen (secondary N) is 1. The summed E-state index contributed by atoms with van der Waals surface area (Å²) in [5.74, 6) is 0.205. The van der Waals surface area contributed by atoms with Crippen LogP contribution in [0.15, 0.2) is 48.5 Å². The number of carboxylic acids is 1. The van der Waals surface area contributed by atoms with Crippen LogP contribution in [0, 0.1) is 0 Å². The fourth-order valence-corrected chi connectivity index (χ4v) is 4.03. The van der Waals surface area contributed by atoms with Crippen molar-refractivity contribution in [1.29, 1.82) is 0 Å². The topological polar surface area (TPSA) is 111 Å². The second-order valence-electron chi connectivity index (χ2n) is 7.18. The van der Waals surface area contributed by atoms with Gasteiger partial charge in [0.25, 0.3) is 5.24 Å². The molecule has 0 aromatic heterocycles. The van der Waals surface area contributed by atoms with Crippen LogP contribution in [0.25, 0.3) is 0 Å². The van der Waals surface area contributed by atoms with E-state index in [9.17, 15) is 14.4 Å². The minimum atomic E-state index is -0.860. The summed E-state index contributed by atoms with van der Waals surface area (Å²) in [5, 5.41) is 10.4. The van der Waals surface area contributed by atoms with Crippen LogP contribution in [0.3, 0.4) is 0 Å². The fraction of sp³-hybridized carbons (Fsp3) is 0.348. The number of hydrogen-bond donors (Lipinski definition) is 2. The zero-order valence-corrected chi connectivity index (χ0v) is 18.4. The Morgan fingerprint density at radius 1 is 1.16 bits per heavy atom. The van der Waals surface area contributed by atoms with Crippen molar-refractivity contribution in [2.45, 2.75) is 30.6 Å². The average Bonchev–Trinajstić information content (AvgIpc) is 3.10. The minimum absolute atomic E-state index is 0.0377. The van der Waals surface area contributed by atoms with E-state index in [1.165, 1.54) is 0 Å². The van der Waals surface area contributed by atoms with E-state index < -0.39 is 17.3 Å². The number of ether oxygens (including phenoxy) is 3. The van der Waals surface area contributed by atoms with Crippen molar-refractivity contribution in [3.05, 3.63) is 59.7 Å². The number of benzene rings is 2. The Morgan fingerprint density at radius 2 is 1.94 bits per heavy atom. The van der Waals surface area contributed by atoms with Crippen LogP contribution in [-0.4, -0.2) is 47.8 Å². The van der Waals surface area contributed by atoms with Gasteiger partial charge in [0.2, 0.25) is 5.91 Å². The molecule has 0 aliphatic carbocycles. The maximum absolute atomic E-state index is 11.7. The molecule has 1 heterocycles. The molecule has 1 aliphatic rings. The van der Waals surface area contributed by atoms with Gasteiger partial charge >= 0.3 is 5.97 Å². The molecular formula is C23H25NO7S. The first kappa shape index (κ1) is 23.6. The average molecular weight is 460 g/mol. The number of imide groups is 1. The number of methoxy groups -OCH3 is 1. The molecule has 1 saturated heterocycles. The SMILES string of the molecule is COc1cccc([C@H](COc2ccc(CC3SC(=O)NC3=O)cc2)OCCCC(=O)O)c1. The lowest BCUT2D eigenvalue weighted by Crippen LogP contribution is -2.25. The molecule has 2 aromatic carbocycles. The van der Waals surface area contributed by atoms with Gasteiger partial charge in [0.05, 0.1) is 12.4 Å². The molecule has 1 fully saturated rings. The molecule has 2 amide bonds. The highest BCUT2D eigenvalue weighted by Crippen LogP contribution is 2.26. The van der Waals surface area contributed by atoms with Crippen LogP contribution in [0.4, 0.5) is 4.79 Å². The van der Waals surface area contributed by atoms with Crippen molar-refractivity contribution in [3.8, 4) is 11.5 Å². The van der Waals surface area contributed by atoms with Crippen molar-refractivity contribution in [2.75, 3.05) is 20.3 Å². The third-order valence-electron chi connectivity index (χ3n) is 4.83. The van der Waals surface area contributed by atoms with Gasteiger partial charge in [-0.15, -0.1) is 0 Å². The number of hydrogen-bond acceptors (Lipinski definition) is 7. The molecule has 1 unspecified atom stereocenters. The van der Waals surface area contributed by atoms with E-state index >= 15 is 0 Å². The molecule has 0 bridgehead atoms. The minimum Gasteiger partial charge on any atom is -0.497 e. The molecular weight excluding hydrogens is 434 g/mol. The Balaban J connectivity index is 1.59. The summed E-state index contributed by atoms with van der Waals surface area (Å²) in [4.78, 5) is 33.8. The van der Waals surface area contributed by atoms with E-state index in [1.807, 2.05) is 48.5 Å². The van der Waals surface area contributed by atoms with E-state index in [0.29, 0.717) is 24.3 Å². The summed E-state index contributed by atoms with van der Waals surface area (Å²) >= 11 is 1.00. The molecule has 170 valence electrons. The Bertz CT molecular complexity index is 948. The second-order valence-corrected chi connectivity index (χ2v) is 8.35. The van der Waals surface area contributed by atoms with E-state index in [4.69, 9.17) is 19.3 Å². The summed E-state index contributed by atoms with van der Waals surface area (Å²) in [6.45, 7) is 0.519. The first-order chi connectivity index (χ1) is 15.4. The van der Waals surface area contributed by atoms with Crippen LogP contribution in [0.2, 0.25) is 0 Å². The normalized spacial score (nSPS) is 16.5. The molecule has 2 atom stereocenters. The zero-order chi connectivity index (χ0) is 22.9. The molecule has 2 aromatic rings. The van der Waals surface area contributed by atoms with Crippen molar-refractivity contribution in [1.82, 2.24) is 5.32 Å². The lowest BCUT2D eigenvalue weighted by atomic mass is 10.1. The van der Waals surface area contributed by atoms with Gasteiger partial charge in [-0.1, -0.05) is 36.0 Å². The number of thioether (sulfide) groups is 1. The summed E-state index contributed by atoms with van der Waals surface area (Å²) in [5.41, 5.74) is 1.79. The fourth-order valence-electron chi connectivity index (χ4n) is 3.17. The van der Waals surface area contributed by atoms with Crippen LogP contribution < -0.4 is 14.8 Å². The van der Waals surface area contributed by atoms with Crippen LogP contribution in [-0.2, 0) is 20.7 Å². The summed E-state index contributed by atoms with van der Waals surface area (Å²) in [6.07, 6.45) is 0.500. The molecule has 32 heavy (non-hydrogen) atoms. The first-order valence-electron chi connectivity index (χ1n) is 10.1. The first-order valence-corrected chi connectivity index (χ1v) is 11.0. The van der Waals surface area contributed by atoms with Gasteiger partial charge in [-0.25, -0.2) is 0 Å². The maximum Gasteiger partial charge on any atom is 0.303 e. The van der Waals surface area contributed by atoms with Crippen molar-refractivity contribution >= 4 is 28.9 Å². The predicted octanol–water partition coefficient (Wildman–Crippen LogP) is 3.59. The Morgan fingerprint density at radius 3 is 2.59 bits per heavy atom. The predicted molar refractivity (Wildman–Crippen MR) is 119 cm³/mol. The van der Waals surface area contributed by atoms with Gasteiger partial charge in [-0.05, 0) is 48.2 Å². The highest BCUT2D eigenvalue weighted by Gasteiger charge is 2.31. The summed E-state index contributed by atoms with van der Waals surface area (Å²) in [7, 11) is 1.59. The highest BCUT2D eigenvalue weighted by atomic mass is 32.2. The van der Waals surface area contributed by atoms with Gasteiger partial charge in [0.15, 0.2) is 0 Å². The Hall–Kier alpha value is -3.04. The van der Waals surface area contributed by atoms with E-state index in [0.717, 1.165) is 22.9 Å². The molecule has 8 nitrogen and oxygen atoms in total. The number of aliphatic carboxylic acids is 1. The van der Waals surface area contributed by atoms with Crippen molar-refractivity contribution in [3.63, 3.8) is 0 Å². The van der Waals surface area contributed by atoms with Crippen molar-refractivity contribution in [2.24, 2.45) is 0 Å². The standard InChI is InChI=1S/C23H25NO7S/c1-29-18-5-2-4-16(13-18)19(30-11-3-6-21(25)26)14-31-17-9-7-15(8-10-17)12-20-22(27)24-23(28)32-20/h2,4-5,7-10,13,19-20H,3,6,11-12,14H2,1H3,(H,25,26)(H,24,27,28)/t19-,20?/m0/s1. The maximum atomic E-state index is 11.7. The third-order valence-corrected chi connectivity index (χ3v) is 5.81.